The lowest BCUT2D eigenvalue weighted by Crippen LogP contribution is -2.67. The molecule has 0 radical (unpaired) electrons. The molecule has 0 bridgehead atoms. The van der Waals surface area contributed by atoms with Crippen molar-refractivity contribution in [2.24, 2.45) is 5.92 Å². The Kier molecular flexibility index (Phi) is 13.6. The average molecular weight is 763 g/mol. The summed E-state index contributed by atoms with van der Waals surface area (Å²) in [5.74, 6) is -0.989. The fraction of sp³-hybridized carbons (Fsp3) is 0.294. The Morgan fingerprint density at radius 1 is 0.579 bits per heavy atom. The molecular weight excluding hydrogens is 709 g/mol. The van der Waals surface area contributed by atoms with Crippen molar-refractivity contribution in [3.63, 3.8) is 0 Å². The number of aliphatic hydroxyl groups is 1. The molecule has 0 spiro atoms. The molecule has 7 rings (SSSR count). The van der Waals surface area contributed by atoms with E-state index in [1.165, 1.54) is 5.56 Å². The lowest BCUT2D eigenvalue weighted by atomic mass is 9.68. The predicted octanol–water partition coefficient (Wildman–Crippen LogP) is 10.4. The first-order valence-corrected chi connectivity index (χ1v) is 20.1. The molecule has 1 fully saturated rings. The first kappa shape index (κ1) is 40.1. The van der Waals surface area contributed by atoms with E-state index in [2.05, 4.69) is 61.5 Å². The topological polar surface area (TPSA) is 66.4 Å². The van der Waals surface area contributed by atoms with Crippen molar-refractivity contribution in [2.45, 2.75) is 76.5 Å². The molecule has 6 aromatic carbocycles. The SMILES string of the molecule is CCc1ccc(Cc2cc(C3(O)CC(COCc4ccccc4)CC(OCc4ccccc4)C3(OCc3ccccc3)OCc3ccccc3)ccc2OC)cc1. The van der Waals surface area contributed by atoms with Crippen LogP contribution in [0.15, 0.2) is 164 Å². The van der Waals surface area contributed by atoms with Gasteiger partial charge in [0.05, 0.1) is 40.1 Å². The van der Waals surface area contributed by atoms with Crippen molar-refractivity contribution in [1.29, 1.82) is 0 Å². The maximum Gasteiger partial charge on any atom is 0.229 e. The number of rotatable bonds is 18. The summed E-state index contributed by atoms with van der Waals surface area (Å²) in [6.07, 6.45) is 1.76. The van der Waals surface area contributed by atoms with Crippen LogP contribution in [-0.2, 0) is 63.8 Å². The van der Waals surface area contributed by atoms with Crippen LogP contribution in [0.3, 0.4) is 0 Å². The normalized spacial score (nSPS) is 18.9. The monoisotopic (exact) mass is 762 g/mol. The van der Waals surface area contributed by atoms with E-state index < -0.39 is 17.5 Å². The van der Waals surface area contributed by atoms with Crippen LogP contribution in [0.25, 0.3) is 0 Å². The van der Waals surface area contributed by atoms with Crippen molar-refractivity contribution in [1.82, 2.24) is 0 Å². The third-order valence-electron chi connectivity index (χ3n) is 11.1. The minimum Gasteiger partial charge on any atom is -0.496 e. The maximum atomic E-state index is 13.9. The van der Waals surface area contributed by atoms with Crippen LogP contribution in [-0.4, -0.2) is 30.7 Å². The van der Waals surface area contributed by atoms with E-state index >= 15 is 0 Å². The van der Waals surface area contributed by atoms with Gasteiger partial charge < -0.3 is 28.8 Å². The number of aryl methyl sites for hydroxylation is 1. The van der Waals surface area contributed by atoms with E-state index in [1.54, 1.807) is 7.11 Å². The van der Waals surface area contributed by atoms with Gasteiger partial charge in [0.2, 0.25) is 5.79 Å². The molecule has 3 atom stereocenters. The smallest absolute Gasteiger partial charge is 0.229 e. The van der Waals surface area contributed by atoms with Crippen LogP contribution >= 0.6 is 0 Å². The maximum absolute atomic E-state index is 13.9. The summed E-state index contributed by atoms with van der Waals surface area (Å²) < 4.78 is 33.6. The summed E-state index contributed by atoms with van der Waals surface area (Å²) >= 11 is 0. The number of methoxy groups -OCH3 is 1. The zero-order chi connectivity index (χ0) is 39.3. The van der Waals surface area contributed by atoms with Crippen LogP contribution in [0.1, 0.15) is 64.3 Å². The summed E-state index contributed by atoms with van der Waals surface area (Å²) in [4.78, 5) is 0. The fourth-order valence-corrected chi connectivity index (χ4v) is 7.96. The summed E-state index contributed by atoms with van der Waals surface area (Å²) in [5.41, 5.74) is 6.41. The van der Waals surface area contributed by atoms with Gasteiger partial charge in [0, 0.05) is 6.42 Å². The van der Waals surface area contributed by atoms with Crippen molar-refractivity contribution in [2.75, 3.05) is 13.7 Å². The molecule has 57 heavy (non-hydrogen) atoms. The van der Waals surface area contributed by atoms with Gasteiger partial charge in [-0.25, -0.2) is 0 Å². The highest BCUT2D eigenvalue weighted by Gasteiger charge is 2.63. The summed E-state index contributed by atoms with van der Waals surface area (Å²) in [5, 5.41) is 13.9. The van der Waals surface area contributed by atoms with Crippen molar-refractivity contribution in [3.8, 4) is 5.75 Å². The quantitative estimate of drug-likeness (QED) is 0.0880. The molecule has 0 saturated heterocycles. The second-order valence-electron chi connectivity index (χ2n) is 15.0. The van der Waals surface area contributed by atoms with Crippen LogP contribution in [0.5, 0.6) is 5.75 Å². The minimum atomic E-state index is -1.69. The lowest BCUT2D eigenvalue weighted by molar-refractivity contribution is -0.394. The third-order valence-corrected chi connectivity index (χ3v) is 11.1. The Hall–Kier alpha value is -5.08. The summed E-state index contributed by atoms with van der Waals surface area (Å²) in [7, 11) is 1.69. The Balaban J connectivity index is 1.33. The Labute approximate surface area is 338 Å². The van der Waals surface area contributed by atoms with Gasteiger partial charge in [-0.3, -0.25) is 0 Å². The summed E-state index contributed by atoms with van der Waals surface area (Å²) in [6.45, 7) is 3.76. The average Bonchev–Trinajstić information content (AvgIpc) is 3.26. The number of benzene rings is 6. The van der Waals surface area contributed by atoms with Gasteiger partial charge in [-0.05, 0) is 81.8 Å². The van der Waals surface area contributed by atoms with Crippen molar-refractivity contribution in [3.05, 3.63) is 208 Å². The highest BCUT2D eigenvalue weighted by Crippen LogP contribution is 2.52. The Bertz CT molecular complexity index is 2050. The van der Waals surface area contributed by atoms with E-state index in [0.717, 1.165) is 45.6 Å². The molecule has 1 saturated carbocycles. The first-order valence-electron chi connectivity index (χ1n) is 20.1. The van der Waals surface area contributed by atoms with E-state index in [1.807, 2.05) is 109 Å². The predicted molar refractivity (Wildman–Crippen MR) is 225 cm³/mol. The molecule has 6 nitrogen and oxygen atoms in total. The van der Waals surface area contributed by atoms with E-state index in [4.69, 9.17) is 23.7 Å². The zero-order valence-electron chi connectivity index (χ0n) is 33.1. The van der Waals surface area contributed by atoms with Crippen LogP contribution in [0.4, 0.5) is 0 Å². The van der Waals surface area contributed by atoms with Crippen LogP contribution < -0.4 is 4.74 Å². The van der Waals surface area contributed by atoms with Gasteiger partial charge in [-0.1, -0.05) is 159 Å². The lowest BCUT2D eigenvalue weighted by Gasteiger charge is -2.55. The molecule has 3 unspecified atom stereocenters. The Morgan fingerprint density at radius 3 is 1.61 bits per heavy atom. The minimum absolute atomic E-state index is 0.0969. The summed E-state index contributed by atoms with van der Waals surface area (Å²) in [6, 6.07) is 55.1. The highest BCUT2D eigenvalue weighted by atomic mass is 16.7. The molecule has 294 valence electrons. The van der Waals surface area contributed by atoms with Crippen LogP contribution in [0, 0.1) is 5.92 Å². The number of hydrogen-bond acceptors (Lipinski definition) is 6. The van der Waals surface area contributed by atoms with Gasteiger partial charge in [0.1, 0.15) is 17.5 Å². The van der Waals surface area contributed by atoms with Crippen molar-refractivity contribution >= 4 is 0 Å². The second kappa shape index (κ2) is 19.4. The van der Waals surface area contributed by atoms with Gasteiger partial charge in [-0.15, -0.1) is 0 Å². The van der Waals surface area contributed by atoms with Gasteiger partial charge >= 0.3 is 0 Å². The van der Waals surface area contributed by atoms with E-state index in [9.17, 15) is 5.11 Å². The van der Waals surface area contributed by atoms with Gasteiger partial charge in [-0.2, -0.15) is 0 Å². The number of hydrogen-bond donors (Lipinski definition) is 1. The zero-order valence-corrected chi connectivity index (χ0v) is 33.1. The molecule has 0 heterocycles. The fourth-order valence-electron chi connectivity index (χ4n) is 7.96. The van der Waals surface area contributed by atoms with Crippen LogP contribution in [0.2, 0.25) is 0 Å². The van der Waals surface area contributed by atoms with E-state index in [-0.39, 0.29) is 19.1 Å². The Morgan fingerprint density at radius 2 is 1.09 bits per heavy atom. The molecule has 0 amide bonds. The third kappa shape index (κ3) is 9.90. The largest absolute Gasteiger partial charge is 0.496 e. The number of ether oxygens (including phenoxy) is 5. The van der Waals surface area contributed by atoms with Gasteiger partial charge in [0.15, 0.2) is 0 Å². The molecule has 1 aliphatic rings. The van der Waals surface area contributed by atoms with Crippen molar-refractivity contribution < 1.29 is 28.8 Å². The molecule has 1 aliphatic carbocycles. The van der Waals surface area contributed by atoms with Gasteiger partial charge in [0.25, 0.3) is 0 Å². The first-order chi connectivity index (χ1) is 28.0. The molecule has 6 aromatic rings. The molecule has 0 aliphatic heterocycles. The standard InChI is InChI=1S/C51H54O6/c1-3-39-24-26-40(27-25-39)30-46-32-47(28-29-48(46)53-2)50(52)33-45(35-54-34-41-16-8-4-9-17-41)31-49(55-36-42-18-10-5-11-19-42)51(50,56-37-43-20-12-6-13-21-43)57-38-44-22-14-7-15-23-44/h4-29,32,45,49,52H,3,30-31,33-38H2,1-2H3. The molecule has 0 aromatic heterocycles. The molecule has 6 heteroatoms. The highest BCUT2D eigenvalue weighted by molar-refractivity contribution is 5.44. The molecule has 1 N–H and O–H groups in total. The van der Waals surface area contributed by atoms with E-state index in [0.29, 0.717) is 44.6 Å². The second-order valence-corrected chi connectivity index (χ2v) is 15.0. The molecular formula is C51H54O6.